The number of nitrogens with zero attached hydrogens (tertiary/aromatic N) is 4. The van der Waals surface area contributed by atoms with Crippen molar-refractivity contribution in [2.45, 2.75) is 38.4 Å². The Bertz CT molecular complexity index is 625. The molecule has 6 heteroatoms. The molecule has 0 saturated carbocycles. The second kappa shape index (κ2) is 9.72. The molecule has 4 aliphatic heterocycles. The first kappa shape index (κ1) is 19.7. The number of hydrogen-bond donors (Lipinski definition) is 2. The highest BCUT2D eigenvalue weighted by Gasteiger charge is 2.31. The molecule has 2 atom stereocenters. The predicted octanol–water partition coefficient (Wildman–Crippen LogP) is 1.21. The van der Waals surface area contributed by atoms with Crippen LogP contribution in [0.4, 0.5) is 0 Å². The van der Waals surface area contributed by atoms with Crippen LogP contribution in [-0.4, -0.2) is 91.6 Å². The van der Waals surface area contributed by atoms with Gasteiger partial charge < -0.3 is 10.6 Å². The highest BCUT2D eigenvalue weighted by molar-refractivity contribution is 5.80. The molecule has 2 N–H and O–H groups in total. The molecule has 1 aromatic rings. The van der Waals surface area contributed by atoms with E-state index in [1.54, 1.807) is 0 Å². The number of hydrogen-bond acceptors (Lipinski definition) is 4. The van der Waals surface area contributed by atoms with Gasteiger partial charge in [-0.05, 0) is 31.9 Å². The summed E-state index contributed by atoms with van der Waals surface area (Å²) in [5.41, 5.74) is 1.40. The van der Waals surface area contributed by atoms with Crippen molar-refractivity contribution < 1.29 is 0 Å². The van der Waals surface area contributed by atoms with Crippen molar-refractivity contribution in [2.24, 2.45) is 4.99 Å². The highest BCUT2D eigenvalue weighted by atomic mass is 15.4. The summed E-state index contributed by atoms with van der Waals surface area (Å²) in [7, 11) is 0. The summed E-state index contributed by atoms with van der Waals surface area (Å²) < 4.78 is 0. The lowest BCUT2D eigenvalue weighted by atomic mass is 10.0. The number of fused-ring (bicyclic) bond motifs is 3. The Balaban J connectivity index is 1.30. The van der Waals surface area contributed by atoms with Crippen LogP contribution >= 0.6 is 0 Å². The van der Waals surface area contributed by atoms with E-state index in [1.165, 1.54) is 57.7 Å². The van der Waals surface area contributed by atoms with Crippen LogP contribution in [0, 0.1) is 0 Å². The van der Waals surface area contributed by atoms with Gasteiger partial charge in [0.15, 0.2) is 5.96 Å². The van der Waals surface area contributed by atoms with Crippen molar-refractivity contribution in [2.75, 3.05) is 58.9 Å². The van der Waals surface area contributed by atoms with E-state index in [-0.39, 0.29) is 0 Å². The molecule has 2 unspecified atom stereocenters. The second-order valence-electron chi connectivity index (χ2n) is 8.41. The molecule has 154 valence electrons. The summed E-state index contributed by atoms with van der Waals surface area (Å²) in [5.74, 6) is 0.992. The topological polar surface area (TPSA) is 46.1 Å². The molecule has 4 heterocycles. The van der Waals surface area contributed by atoms with E-state index in [0.717, 1.165) is 32.1 Å². The average molecular weight is 385 g/mol. The minimum atomic E-state index is 0.474. The molecular formula is C22H36N6. The average Bonchev–Trinajstić information content (AvgIpc) is 2.74. The third-order valence-electron chi connectivity index (χ3n) is 6.29. The number of piperidine rings is 1. The monoisotopic (exact) mass is 384 g/mol. The summed E-state index contributed by atoms with van der Waals surface area (Å²) in [6.45, 7) is 13.3. The Kier molecular flexibility index (Phi) is 6.83. The van der Waals surface area contributed by atoms with Crippen LogP contribution in [0.5, 0.6) is 0 Å². The molecule has 2 bridgehead atoms. The number of benzene rings is 1. The van der Waals surface area contributed by atoms with Gasteiger partial charge >= 0.3 is 0 Å². The predicted molar refractivity (Wildman–Crippen MR) is 116 cm³/mol. The summed E-state index contributed by atoms with van der Waals surface area (Å²) in [5, 5.41) is 7.19. The quantitative estimate of drug-likeness (QED) is 0.570. The van der Waals surface area contributed by atoms with Crippen molar-refractivity contribution in [1.29, 1.82) is 0 Å². The maximum Gasteiger partial charge on any atom is 0.191 e. The van der Waals surface area contributed by atoms with Crippen LogP contribution in [0.3, 0.4) is 0 Å². The van der Waals surface area contributed by atoms with Crippen LogP contribution in [0.1, 0.15) is 25.3 Å². The smallest absolute Gasteiger partial charge is 0.191 e. The minimum Gasteiger partial charge on any atom is -0.357 e. The van der Waals surface area contributed by atoms with E-state index in [0.29, 0.717) is 12.1 Å². The van der Waals surface area contributed by atoms with Gasteiger partial charge in [-0.25, -0.2) is 0 Å². The van der Waals surface area contributed by atoms with E-state index in [9.17, 15) is 0 Å². The molecule has 4 saturated heterocycles. The highest BCUT2D eigenvalue weighted by Crippen LogP contribution is 2.16. The Morgan fingerprint density at radius 3 is 2.61 bits per heavy atom. The Hall–Kier alpha value is -1.63. The first-order valence-electron chi connectivity index (χ1n) is 11.1. The molecular weight excluding hydrogens is 348 g/mol. The number of aliphatic imine (C=N–C) groups is 1. The van der Waals surface area contributed by atoms with Gasteiger partial charge in [0.1, 0.15) is 0 Å². The number of rotatable bonds is 6. The van der Waals surface area contributed by atoms with Gasteiger partial charge in [0.05, 0.1) is 6.54 Å². The molecule has 0 aromatic heterocycles. The van der Waals surface area contributed by atoms with Gasteiger partial charge in [-0.1, -0.05) is 30.3 Å². The van der Waals surface area contributed by atoms with Crippen molar-refractivity contribution in [3.63, 3.8) is 0 Å². The number of guanidine groups is 1. The molecule has 28 heavy (non-hydrogen) atoms. The van der Waals surface area contributed by atoms with Crippen LogP contribution in [0.2, 0.25) is 0 Å². The SMILES string of the molecule is CCNC(=NCC1CN2CCN1CC2)NC1CCCN(Cc2ccccc2)C1. The van der Waals surface area contributed by atoms with Crippen molar-refractivity contribution in [3.05, 3.63) is 35.9 Å². The molecule has 4 fully saturated rings. The minimum absolute atomic E-state index is 0.474. The van der Waals surface area contributed by atoms with E-state index in [1.807, 2.05) is 0 Å². The third kappa shape index (κ3) is 5.25. The molecule has 0 radical (unpaired) electrons. The molecule has 0 spiro atoms. The number of likely N-dealkylation sites (tertiary alicyclic amines) is 1. The van der Waals surface area contributed by atoms with Crippen LogP contribution in [-0.2, 0) is 6.54 Å². The second-order valence-corrected chi connectivity index (χ2v) is 8.41. The van der Waals surface area contributed by atoms with Gasteiger partial charge in [-0.2, -0.15) is 0 Å². The summed E-state index contributed by atoms with van der Waals surface area (Å²) in [6, 6.07) is 11.9. The fraction of sp³-hybridized carbons (Fsp3) is 0.682. The Morgan fingerprint density at radius 1 is 1.07 bits per heavy atom. The first-order chi connectivity index (χ1) is 13.8. The Morgan fingerprint density at radius 2 is 1.89 bits per heavy atom. The fourth-order valence-electron chi connectivity index (χ4n) is 4.77. The molecule has 6 nitrogen and oxygen atoms in total. The molecule has 4 aliphatic rings. The van der Waals surface area contributed by atoms with E-state index >= 15 is 0 Å². The fourth-order valence-corrected chi connectivity index (χ4v) is 4.77. The van der Waals surface area contributed by atoms with Gasteiger partial charge in [0, 0.05) is 64.4 Å². The number of nitrogens with one attached hydrogen (secondary N) is 2. The molecule has 0 amide bonds. The third-order valence-corrected chi connectivity index (χ3v) is 6.29. The first-order valence-corrected chi connectivity index (χ1v) is 11.1. The zero-order valence-corrected chi connectivity index (χ0v) is 17.3. The van der Waals surface area contributed by atoms with Gasteiger partial charge in [-0.3, -0.25) is 19.7 Å². The maximum absolute atomic E-state index is 4.97. The van der Waals surface area contributed by atoms with Gasteiger partial charge in [-0.15, -0.1) is 0 Å². The van der Waals surface area contributed by atoms with E-state index < -0.39 is 0 Å². The summed E-state index contributed by atoms with van der Waals surface area (Å²) in [6.07, 6.45) is 2.47. The summed E-state index contributed by atoms with van der Waals surface area (Å²) in [4.78, 5) is 12.7. The standard InChI is InChI=1S/C22H36N6/c1-2-23-22(24-15-21-18-26-11-13-28(21)14-12-26)25-20-9-6-10-27(17-20)16-19-7-4-3-5-8-19/h3-5,7-8,20-21H,2,6,9-18H2,1H3,(H2,23,24,25). The maximum atomic E-state index is 4.97. The van der Waals surface area contributed by atoms with Crippen molar-refractivity contribution in [3.8, 4) is 0 Å². The molecule has 1 aromatic carbocycles. The lowest BCUT2D eigenvalue weighted by Crippen LogP contribution is -2.62. The number of piperazine rings is 3. The van der Waals surface area contributed by atoms with Crippen molar-refractivity contribution in [1.82, 2.24) is 25.3 Å². The van der Waals surface area contributed by atoms with Crippen LogP contribution < -0.4 is 10.6 Å². The summed E-state index contributed by atoms with van der Waals surface area (Å²) >= 11 is 0. The van der Waals surface area contributed by atoms with E-state index in [4.69, 9.17) is 4.99 Å². The molecule has 0 aliphatic carbocycles. The normalized spacial score (nSPS) is 31.0. The van der Waals surface area contributed by atoms with Crippen LogP contribution in [0.25, 0.3) is 0 Å². The van der Waals surface area contributed by atoms with Gasteiger partial charge in [0.2, 0.25) is 0 Å². The Labute approximate surface area is 170 Å². The lowest BCUT2D eigenvalue weighted by molar-refractivity contribution is 0.0174. The van der Waals surface area contributed by atoms with Crippen LogP contribution in [0.15, 0.2) is 35.3 Å². The zero-order valence-electron chi connectivity index (χ0n) is 17.3. The van der Waals surface area contributed by atoms with Gasteiger partial charge in [0.25, 0.3) is 0 Å². The van der Waals surface area contributed by atoms with Crippen molar-refractivity contribution >= 4 is 5.96 Å². The lowest BCUT2D eigenvalue weighted by Gasteiger charge is -2.47. The zero-order chi connectivity index (χ0) is 19.2. The molecule has 5 rings (SSSR count). The largest absolute Gasteiger partial charge is 0.357 e. The van der Waals surface area contributed by atoms with E-state index in [2.05, 4.69) is 62.6 Å².